The Morgan fingerprint density at radius 3 is 2.50 bits per heavy atom. The average Bonchev–Trinajstić information content (AvgIpc) is 2.80. The van der Waals surface area contributed by atoms with Gasteiger partial charge in [0.1, 0.15) is 5.82 Å². The van der Waals surface area contributed by atoms with Gasteiger partial charge in [-0.3, -0.25) is 5.10 Å². The Morgan fingerprint density at radius 1 is 1.29 bits per heavy atom. The fraction of sp³-hybridized carbons (Fsp3) is 0.727. The van der Waals surface area contributed by atoms with E-state index in [4.69, 9.17) is 5.73 Å². The van der Waals surface area contributed by atoms with Crippen LogP contribution in [0.5, 0.6) is 0 Å². The second kappa shape index (κ2) is 2.75. The van der Waals surface area contributed by atoms with Crippen molar-refractivity contribution >= 4 is 5.82 Å². The SMILES string of the molecule is Nc1cc(C2CCC3(CC2)CC3)[nH]n1. The van der Waals surface area contributed by atoms with Gasteiger partial charge in [-0.2, -0.15) is 5.10 Å². The smallest absolute Gasteiger partial charge is 0.145 e. The Labute approximate surface area is 84.1 Å². The molecule has 1 aromatic rings. The monoisotopic (exact) mass is 191 g/mol. The summed E-state index contributed by atoms with van der Waals surface area (Å²) in [5, 5.41) is 7.04. The molecule has 0 amide bonds. The average molecular weight is 191 g/mol. The first-order chi connectivity index (χ1) is 6.77. The molecular formula is C11H17N3. The largest absolute Gasteiger partial charge is 0.382 e. The second-order valence-corrected chi connectivity index (χ2v) is 5.02. The summed E-state index contributed by atoms with van der Waals surface area (Å²) >= 11 is 0. The van der Waals surface area contributed by atoms with Gasteiger partial charge in [-0.05, 0) is 43.9 Å². The minimum absolute atomic E-state index is 0.631. The van der Waals surface area contributed by atoms with Crippen LogP contribution in [0.25, 0.3) is 0 Å². The van der Waals surface area contributed by atoms with E-state index in [-0.39, 0.29) is 0 Å². The molecule has 1 aromatic heterocycles. The van der Waals surface area contributed by atoms with Gasteiger partial charge >= 0.3 is 0 Å². The Balaban J connectivity index is 1.70. The molecule has 2 aliphatic rings. The van der Waals surface area contributed by atoms with Crippen LogP contribution in [0.2, 0.25) is 0 Å². The summed E-state index contributed by atoms with van der Waals surface area (Å²) in [7, 11) is 0. The predicted molar refractivity (Wildman–Crippen MR) is 55.9 cm³/mol. The first-order valence-corrected chi connectivity index (χ1v) is 5.58. The zero-order valence-corrected chi connectivity index (χ0v) is 8.42. The standard InChI is InChI=1S/C11H17N3/c12-10-7-9(13-14-10)8-1-3-11(4-2-8)5-6-11/h7-8H,1-6H2,(H3,12,13,14). The maximum Gasteiger partial charge on any atom is 0.145 e. The Hall–Kier alpha value is -0.990. The topological polar surface area (TPSA) is 54.7 Å². The second-order valence-electron chi connectivity index (χ2n) is 5.02. The molecule has 1 spiro atoms. The lowest BCUT2D eigenvalue weighted by Crippen LogP contribution is -2.14. The summed E-state index contributed by atoms with van der Waals surface area (Å²) in [4.78, 5) is 0. The first kappa shape index (κ1) is 8.33. The van der Waals surface area contributed by atoms with Crippen LogP contribution >= 0.6 is 0 Å². The zero-order valence-electron chi connectivity index (χ0n) is 8.42. The summed E-state index contributed by atoms with van der Waals surface area (Å²) < 4.78 is 0. The van der Waals surface area contributed by atoms with E-state index < -0.39 is 0 Å². The van der Waals surface area contributed by atoms with Gasteiger partial charge in [0, 0.05) is 17.7 Å². The molecule has 0 atom stereocenters. The third kappa shape index (κ3) is 1.31. The lowest BCUT2D eigenvalue weighted by atomic mass is 9.78. The van der Waals surface area contributed by atoms with E-state index in [0.29, 0.717) is 11.7 Å². The number of H-pyrrole nitrogens is 1. The Morgan fingerprint density at radius 2 is 2.00 bits per heavy atom. The lowest BCUT2D eigenvalue weighted by Gasteiger charge is -2.27. The van der Waals surface area contributed by atoms with Gasteiger partial charge in [-0.15, -0.1) is 0 Å². The number of nitrogens with one attached hydrogen (secondary N) is 1. The molecule has 0 bridgehead atoms. The summed E-state index contributed by atoms with van der Waals surface area (Å²) in [5.74, 6) is 1.32. The highest BCUT2D eigenvalue weighted by Gasteiger charge is 2.44. The predicted octanol–water partition coefficient (Wildman–Crippen LogP) is 2.43. The molecule has 3 nitrogen and oxygen atoms in total. The molecule has 0 radical (unpaired) electrons. The van der Waals surface area contributed by atoms with Crippen molar-refractivity contribution in [2.75, 3.05) is 5.73 Å². The quantitative estimate of drug-likeness (QED) is 0.716. The summed E-state index contributed by atoms with van der Waals surface area (Å²) in [6.07, 6.45) is 8.42. The number of aromatic amines is 1. The van der Waals surface area contributed by atoms with Gasteiger partial charge in [0.2, 0.25) is 0 Å². The number of hydrogen-bond acceptors (Lipinski definition) is 2. The van der Waals surface area contributed by atoms with E-state index in [9.17, 15) is 0 Å². The summed E-state index contributed by atoms with van der Waals surface area (Å²) in [6.45, 7) is 0. The van der Waals surface area contributed by atoms with Crippen molar-refractivity contribution < 1.29 is 0 Å². The van der Waals surface area contributed by atoms with Crippen LogP contribution in [0.15, 0.2) is 6.07 Å². The number of aromatic nitrogens is 2. The van der Waals surface area contributed by atoms with Crippen LogP contribution in [-0.4, -0.2) is 10.2 Å². The molecule has 0 aromatic carbocycles. The van der Waals surface area contributed by atoms with Crippen molar-refractivity contribution in [2.45, 2.75) is 44.4 Å². The number of nitrogen functional groups attached to an aromatic ring is 1. The Kier molecular flexibility index (Phi) is 1.64. The van der Waals surface area contributed by atoms with Crippen LogP contribution in [0.4, 0.5) is 5.82 Å². The molecule has 2 fully saturated rings. The molecule has 0 unspecified atom stereocenters. The van der Waals surface area contributed by atoms with Crippen LogP contribution < -0.4 is 5.73 Å². The zero-order chi connectivity index (χ0) is 9.60. The first-order valence-electron chi connectivity index (χ1n) is 5.58. The minimum Gasteiger partial charge on any atom is -0.382 e. The fourth-order valence-corrected chi connectivity index (χ4v) is 2.78. The molecular weight excluding hydrogens is 174 g/mol. The van der Waals surface area contributed by atoms with Crippen molar-refractivity contribution in [3.05, 3.63) is 11.8 Å². The van der Waals surface area contributed by atoms with Crippen molar-refractivity contribution in [3.63, 3.8) is 0 Å². The summed E-state index contributed by atoms with van der Waals surface area (Å²) in [5.41, 5.74) is 7.64. The molecule has 3 N–H and O–H groups in total. The van der Waals surface area contributed by atoms with Gasteiger partial charge < -0.3 is 5.73 Å². The molecule has 0 saturated heterocycles. The van der Waals surface area contributed by atoms with E-state index in [1.165, 1.54) is 44.2 Å². The molecule has 0 aliphatic heterocycles. The third-order valence-electron chi connectivity index (χ3n) is 4.06. The molecule has 2 saturated carbocycles. The maximum absolute atomic E-state index is 5.61. The highest BCUT2D eigenvalue weighted by atomic mass is 15.2. The van der Waals surface area contributed by atoms with Gasteiger partial charge in [-0.1, -0.05) is 0 Å². The minimum atomic E-state index is 0.631. The normalized spacial score (nSPS) is 25.4. The van der Waals surface area contributed by atoms with E-state index in [0.717, 1.165) is 5.41 Å². The van der Waals surface area contributed by atoms with Gasteiger partial charge in [0.25, 0.3) is 0 Å². The molecule has 76 valence electrons. The maximum atomic E-state index is 5.61. The summed E-state index contributed by atoms with van der Waals surface area (Å²) in [6, 6.07) is 2.00. The molecule has 3 rings (SSSR count). The van der Waals surface area contributed by atoms with Crippen LogP contribution in [0.1, 0.15) is 50.1 Å². The van der Waals surface area contributed by atoms with Gasteiger partial charge in [0.15, 0.2) is 0 Å². The van der Waals surface area contributed by atoms with Crippen molar-refractivity contribution in [1.29, 1.82) is 0 Å². The van der Waals surface area contributed by atoms with Crippen molar-refractivity contribution in [3.8, 4) is 0 Å². The number of hydrogen-bond donors (Lipinski definition) is 2. The molecule has 1 heterocycles. The number of nitrogens with zero attached hydrogens (tertiary/aromatic N) is 1. The number of anilines is 1. The van der Waals surface area contributed by atoms with E-state index >= 15 is 0 Å². The van der Waals surface area contributed by atoms with E-state index in [1.807, 2.05) is 6.07 Å². The Bertz CT molecular complexity index is 328. The van der Waals surface area contributed by atoms with Crippen LogP contribution in [0.3, 0.4) is 0 Å². The van der Waals surface area contributed by atoms with Gasteiger partial charge in [0.05, 0.1) is 0 Å². The lowest BCUT2D eigenvalue weighted by molar-refractivity contribution is 0.303. The van der Waals surface area contributed by atoms with Crippen LogP contribution in [-0.2, 0) is 0 Å². The van der Waals surface area contributed by atoms with Crippen LogP contribution in [0, 0.1) is 5.41 Å². The highest BCUT2D eigenvalue weighted by Crippen LogP contribution is 2.58. The van der Waals surface area contributed by atoms with Gasteiger partial charge in [-0.25, -0.2) is 0 Å². The fourth-order valence-electron chi connectivity index (χ4n) is 2.78. The molecule has 14 heavy (non-hydrogen) atoms. The highest BCUT2D eigenvalue weighted by molar-refractivity contribution is 5.30. The van der Waals surface area contributed by atoms with E-state index in [1.54, 1.807) is 0 Å². The van der Waals surface area contributed by atoms with E-state index in [2.05, 4.69) is 10.2 Å². The molecule has 3 heteroatoms. The third-order valence-corrected chi connectivity index (χ3v) is 4.06. The van der Waals surface area contributed by atoms with Crippen molar-refractivity contribution in [2.24, 2.45) is 5.41 Å². The number of rotatable bonds is 1. The number of nitrogens with two attached hydrogens (primary N) is 1. The molecule has 2 aliphatic carbocycles. The van der Waals surface area contributed by atoms with Crippen molar-refractivity contribution in [1.82, 2.24) is 10.2 Å².